The fourth-order valence-electron chi connectivity index (χ4n) is 4.45. The summed E-state index contributed by atoms with van der Waals surface area (Å²) >= 11 is 0. The van der Waals surface area contributed by atoms with Gasteiger partial charge >= 0.3 is 0 Å². The molecule has 2 aliphatic rings. The molecular weight excluding hydrogens is 402 g/mol. The Morgan fingerprint density at radius 2 is 2.09 bits per heavy atom. The van der Waals surface area contributed by atoms with Gasteiger partial charge in [-0.2, -0.15) is 0 Å². The number of benzene rings is 2. The molecular formula is C26H25N3O3. The van der Waals surface area contributed by atoms with Crippen LogP contribution in [0, 0.1) is 6.92 Å². The number of fused-ring (bicyclic) bond motifs is 1. The van der Waals surface area contributed by atoms with E-state index in [1.807, 2.05) is 60.2 Å². The van der Waals surface area contributed by atoms with E-state index in [1.54, 1.807) is 18.3 Å². The fourth-order valence-corrected chi connectivity index (χ4v) is 4.45. The van der Waals surface area contributed by atoms with Crippen LogP contribution < -0.4 is 9.64 Å². The van der Waals surface area contributed by atoms with Crippen LogP contribution in [0.1, 0.15) is 39.5 Å². The molecule has 5 rings (SSSR count). The molecule has 1 aliphatic heterocycles. The summed E-state index contributed by atoms with van der Waals surface area (Å²) in [6, 6.07) is 11.9. The van der Waals surface area contributed by atoms with Crippen LogP contribution in [-0.2, 0) is 6.54 Å². The van der Waals surface area contributed by atoms with Gasteiger partial charge < -0.3 is 19.3 Å². The number of anilines is 1. The number of carbonyl (C=O) groups is 1. The molecule has 1 N–H and O–H groups in total. The molecule has 3 aromatic rings. The fraction of sp³-hybridized carbons (Fsp3) is 0.231. The third-order valence-electron chi connectivity index (χ3n) is 6.19. The van der Waals surface area contributed by atoms with Crippen LogP contribution >= 0.6 is 0 Å². The van der Waals surface area contributed by atoms with E-state index in [4.69, 9.17) is 4.74 Å². The van der Waals surface area contributed by atoms with Crippen molar-refractivity contribution in [2.75, 3.05) is 18.6 Å². The molecule has 32 heavy (non-hydrogen) atoms. The molecule has 1 aliphatic carbocycles. The third-order valence-corrected chi connectivity index (χ3v) is 6.19. The normalized spacial score (nSPS) is 17.5. The summed E-state index contributed by atoms with van der Waals surface area (Å²) in [5.74, 6) is 0.847. The summed E-state index contributed by atoms with van der Waals surface area (Å²) in [5.41, 5.74) is 6.46. The Morgan fingerprint density at radius 3 is 2.84 bits per heavy atom. The molecule has 0 fully saturated rings. The van der Waals surface area contributed by atoms with Crippen molar-refractivity contribution in [2.24, 2.45) is 0 Å². The second kappa shape index (κ2) is 8.13. The minimum Gasteiger partial charge on any atom is -0.494 e. The molecule has 0 bridgehead atoms. The van der Waals surface area contributed by atoms with Gasteiger partial charge in [-0.3, -0.25) is 4.79 Å². The topological polar surface area (TPSA) is 67.6 Å². The number of aromatic nitrogens is 2. The third kappa shape index (κ3) is 3.52. The lowest BCUT2D eigenvalue weighted by Crippen LogP contribution is -2.23. The van der Waals surface area contributed by atoms with Gasteiger partial charge in [0.2, 0.25) is 0 Å². The second-order valence-electron chi connectivity index (χ2n) is 8.26. The Hall–Kier alpha value is -3.64. The highest BCUT2D eigenvalue weighted by Crippen LogP contribution is 2.36. The maximum atomic E-state index is 13.3. The molecule has 162 valence electrons. The van der Waals surface area contributed by atoms with Crippen LogP contribution in [0.5, 0.6) is 5.75 Å². The zero-order valence-corrected chi connectivity index (χ0v) is 18.2. The number of methoxy groups -OCH3 is 1. The predicted octanol–water partition coefficient (Wildman–Crippen LogP) is 4.31. The summed E-state index contributed by atoms with van der Waals surface area (Å²) in [5, 5.41) is 9.47. The van der Waals surface area contributed by atoms with Crippen molar-refractivity contribution in [3.05, 3.63) is 95.1 Å². The lowest BCUT2D eigenvalue weighted by Gasteiger charge is -2.19. The number of rotatable bonds is 5. The van der Waals surface area contributed by atoms with Crippen molar-refractivity contribution < 1.29 is 14.6 Å². The first-order chi connectivity index (χ1) is 15.6. The number of aliphatic hydroxyl groups excluding tert-OH is 1. The van der Waals surface area contributed by atoms with Crippen molar-refractivity contribution in [3.63, 3.8) is 0 Å². The van der Waals surface area contributed by atoms with Crippen molar-refractivity contribution in [2.45, 2.75) is 25.8 Å². The van der Waals surface area contributed by atoms with E-state index in [-0.39, 0.29) is 18.4 Å². The Bertz CT molecular complexity index is 1250. The van der Waals surface area contributed by atoms with Gasteiger partial charge in [0.05, 0.1) is 38.0 Å². The number of hydrogen-bond acceptors (Lipinski definition) is 4. The van der Waals surface area contributed by atoms with Crippen LogP contribution in [-0.4, -0.2) is 34.3 Å². The monoisotopic (exact) mass is 427 g/mol. The van der Waals surface area contributed by atoms with E-state index in [2.05, 4.69) is 17.1 Å². The summed E-state index contributed by atoms with van der Waals surface area (Å²) in [6.07, 6.45) is 10.5. The number of hydrogen-bond donors (Lipinski definition) is 1. The molecule has 2 heterocycles. The molecule has 1 atom stereocenters. The van der Waals surface area contributed by atoms with Gasteiger partial charge in [-0.15, -0.1) is 0 Å². The average Bonchev–Trinajstić information content (AvgIpc) is 3.41. The second-order valence-corrected chi connectivity index (χ2v) is 8.26. The highest BCUT2D eigenvalue weighted by atomic mass is 16.5. The Kier molecular flexibility index (Phi) is 5.15. The van der Waals surface area contributed by atoms with Crippen molar-refractivity contribution in [3.8, 4) is 11.4 Å². The Balaban J connectivity index is 1.42. The largest absolute Gasteiger partial charge is 0.494 e. The highest BCUT2D eigenvalue weighted by molar-refractivity contribution is 6.10. The number of carbonyl (C=O) groups excluding carboxylic acids is 1. The number of allylic oxidation sites excluding steroid dienone is 3. The van der Waals surface area contributed by atoms with E-state index in [0.29, 0.717) is 12.3 Å². The quantitative estimate of drug-likeness (QED) is 0.659. The van der Waals surface area contributed by atoms with E-state index in [9.17, 15) is 9.90 Å². The summed E-state index contributed by atoms with van der Waals surface area (Å²) in [7, 11) is 1.63. The van der Waals surface area contributed by atoms with E-state index < -0.39 is 0 Å². The molecule has 1 unspecified atom stereocenters. The summed E-state index contributed by atoms with van der Waals surface area (Å²) < 4.78 is 7.54. The van der Waals surface area contributed by atoms with Crippen LogP contribution in [0.2, 0.25) is 0 Å². The molecule has 0 spiro atoms. The number of imidazole rings is 1. The van der Waals surface area contributed by atoms with Crippen molar-refractivity contribution >= 4 is 11.6 Å². The molecule has 1 amide bonds. The number of aliphatic hydroxyl groups is 1. The van der Waals surface area contributed by atoms with Crippen molar-refractivity contribution in [1.29, 1.82) is 0 Å². The van der Waals surface area contributed by atoms with Gasteiger partial charge in [0.1, 0.15) is 5.75 Å². The van der Waals surface area contributed by atoms with Gasteiger partial charge in [-0.05, 0) is 48.2 Å². The van der Waals surface area contributed by atoms with Gasteiger partial charge in [0.25, 0.3) is 5.91 Å². The first-order valence-electron chi connectivity index (χ1n) is 10.7. The Labute approximate surface area is 187 Å². The molecule has 1 aromatic heterocycles. The highest BCUT2D eigenvalue weighted by Gasteiger charge is 2.30. The summed E-state index contributed by atoms with van der Waals surface area (Å²) in [4.78, 5) is 19.4. The molecule has 0 saturated carbocycles. The molecule has 0 saturated heterocycles. The van der Waals surface area contributed by atoms with Gasteiger partial charge in [-0.1, -0.05) is 30.4 Å². The first-order valence-corrected chi connectivity index (χ1v) is 10.7. The number of amides is 1. The van der Waals surface area contributed by atoms with Gasteiger partial charge in [-0.25, -0.2) is 4.98 Å². The lowest BCUT2D eigenvalue weighted by atomic mass is 9.87. The van der Waals surface area contributed by atoms with Crippen LogP contribution in [0.25, 0.3) is 5.69 Å². The number of ether oxygens (including phenoxy) is 1. The molecule has 6 heteroatoms. The van der Waals surface area contributed by atoms with Crippen LogP contribution in [0.4, 0.5) is 5.69 Å². The van der Waals surface area contributed by atoms with Gasteiger partial charge in [0.15, 0.2) is 0 Å². The van der Waals surface area contributed by atoms with Crippen molar-refractivity contribution in [1.82, 2.24) is 9.55 Å². The van der Waals surface area contributed by atoms with E-state index >= 15 is 0 Å². The lowest BCUT2D eigenvalue weighted by molar-refractivity contribution is 0.0996. The van der Waals surface area contributed by atoms with E-state index in [0.717, 1.165) is 45.8 Å². The standard InChI is InChI=1S/C26H25N3O3/c1-17-13-28(16-27-17)24-9-8-22(12-25(24)32-2)29-14-21-7-6-20(11-23(21)26(29)31)19-5-3-4-18(10-19)15-30/h3-9,11-13,16,19,30H,10,14-15H2,1-2H3. The number of aryl methyl sites for hydroxylation is 1. The van der Waals surface area contributed by atoms with Crippen LogP contribution in [0.15, 0.2) is 72.7 Å². The average molecular weight is 428 g/mol. The van der Waals surface area contributed by atoms with E-state index in [1.165, 1.54) is 0 Å². The minimum atomic E-state index is -0.00663. The molecule has 0 radical (unpaired) electrons. The zero-order chi connectivity index (χ0) is 22.2. The van der Waals surface area contributed by atoms with Crippen LogP contribution in [0.3, 0.4) is 0 Å². The first kappa shape index (κ1) is 20.3. The SMILES string of the molecule is COc1cc(N2Cc3ccc(C4C=CC=C(CO)C4)cc3C2=O)ccc1-n1cnc(C)c1. The predicted molar refractivity (Wildman–Crippen MR) is 123 cm³/mol. The maximum Gasteiger partial charge on any atom is 0.258 e. The summed E-state index contributed by atoms with van der Waals surface area (Å²) in [6.45, 7) is 2.54. The molecule has 6 nitrogen and oxygen atoms in total. The maximum absolute atomic E-state index is 13.3. The zero-order valence-electron chi connectivity index (χ0n) is 18.2. The number of nitrogens with zero attached hydrogens (tertiary/aromatic N) is 3. The minimum absolute atomic E-state index is 0.00663. The van der Waals surface area contributed by atoms with Gasteiger partial charge in [0, 0.05) is 29.4 Å². The Morgan fingerprint density at radius 1 is 1.22 bits per heavy atom. The molecule has 2 aromatic carbocycles. The smallest absolute Gasteiger partial charge is 0.258 e.